The van der Waals surface area contributed by atoms with Crippen molar-refractivity contribution in [2.45, 2.75) is 26.7 Å². The summed E-state index contributed by atoms with van der Waals surface area (Å²) in [7, 11) is 0. The Labute approximate surface area is 103 Å². The zero-order valence-corrected chi connectivity index (χ0v) is 10.0. The molecule has 0 aliphatic carbocycles. The number of nitriles is 1. The number of aromatic nitrogens is 1. The Morgan fingerprint density at radius 2 is 2.28 bits per heavy atom. The van der Waals surface area contributed by atoms with Crippen molar-refractivity contribution < 1.29 is 18.3 Å². The van der Waals surface area contributed by atoms with Crippen molar-refractivity contribution in [3.63, 3.8) is 0 Å². The van der Waals surface area contributed by atoms with E-state index in [9.17, 15) is 13.6 Å². The standard InChI is InChI=1S/C12H12F2N2O2/c1-3-18-10(17)4-8-6-16-11(12(13)14)7(2)9(8)5-15/h6,12H,3-4H2,1-2H3. The minimum Gasteiger partial charge on any atom is -0.466 e. The molecule has 0 aromatic carbocycles. The summed E-state index contributed by atoms with van der Waals surface area (Å²) < 4.78 is 29.9. The van der Waals surface area contributed by atoms with E-state index >= 15 is 0 Å². The highest BCUT2D eigenvalue weighted by Gasteiger charge is 2.19. The van der Waals surface area contributed by atoms with E-state index in [-0.39, 0.29) is 24.2 Å². The van der Waals surface area contributed by atoms with E-state index < -0.39 is 18.1 Å². The summed E-state index contributed by atoms with van der Waals surface area (Å²) in [5, 5.41) is 8.97. The lowest BCUT2D eigenvalue weighted by Gasteiger charge is -2.09. The van der Waals surface area contributed by atoms with Gasteiger partial charge in [0.2, 0.25) is 0 Å². The summed E-state index contributed by atoms with van der Waals surface area (Å²) in [5.74, 6) is -0.514. The van der Waals surface area contributed by atoms with Gasteiger partial charge >= 0.3 is 5.97 Å². The lowest BCUT2D eigenvalue weighted by Crippen LogP contribution is -2.11. The molecule has 0 aliphatic heterocycles. The average molecular weight is 254 g/mol. The van der Waals surface area contributed by atoms with Crippen LogP contribution < -0.4 is 0 Å². The van der Waals surface area contributed by atoms with Gasteiger partial charge in [0.15, 0.2) is 0 Å². The van der Waals surface area contributed by atoms with Gasteiger partial charge in [-0.3, -0.25) is 9.78 Å². The van der Waals surface area contributed by atoms with Gasteiger partial charge in [-0.1, -0.05) is 0 Å². The minimum atomic E-state index is -2.74. The molecule has 0 saturated heterocycles. The second-order valence-electron chi connectivity index (χ2n) is 3.56. The first-order valence-electron chi connectivity index (χ1n) is 5.33. The van der Waals surface area contributed by atoms with Gasteiger partial charge in [-0.15, -0.1) is 0 Å². The molecule has 0 aliphatic rings. The number of ether oxygens (including phenoxy) is 1. The predicted molar refractivity (Wildman–Crippen MR) is 59.0 cm³/mol. The first-order valence-corrected chi connectivity index (χ1v) is 5.33. The first-order chi connectivity index (χ1) is 8.51. The predicted octanol–water partition coefficient (Wildman–Crippen LogP) is 2.30. The highest BCUT2D eigenvalue weighted by molar-refractivity contribution is 5.73. The molecule has 0 atom stereocenters. The number of pyridine rings is 1. The number of esters is 1. The molecule has 1 heterocycles. The Morgan fingerprint density at radius 1 is 1.61 bits per heavy atom. The van der Waals surface area contributed by atoms with Crippen LogP contribution in [0.4, 0.5) is 8.78 Å². The van der Waals surface area contributed by atoms with Crippen molar-refractivity contribution in [3.8, 4) is 6.07 Å². The molecule has 0 spiro atoms. The average Bonchev–Trinajstić information content (AvgIpc) is 2.29. The van der Waals surface area contributed by atoms with Crippen molar-refractivity contribution in [3.05, 3.63) is 28.6 Å². The van der Waals surface area contributed by atoms with Crippen LogP contribution in [0.1, 0.15) is 35.7 Å². The maximum absolute atomic E-state index is 12.6. The third-order valence-corrected chi connectivity index (χ3v) is 2.40. The van der Waals surface area contributed by atoms with E-state index in [1.165, 1.54) is 6.92 Å². The number of carbonyl (C=O) groups is 1. The highest BCUT2D eigenvalue weighted by atomic mass is 19.3. The Kier molecular flexibility index (Phi) is 4.72. The normalized spacial score (nSPS) is 10.2. The molecule has 0 saturated carbocycles. The number of nitrogens with zero attached hydrogens (tertiary/aromatic N) is 2. The number of hydrogen-bond donors (Lipinski definition) is 0. The van der Waals surface area contributed by atoms with Gasteiger partial charge in [-0.05, 0) is 25.0 Å². The van der Waals surface area contributed by atoms with E-state index in [2.05, 4.69) is 4.98 Å². The molecule has 0 fully saturated rings. The van der Waals surface area contributed by atoms with E-state index in [1.54, 1.807) is 6.92 Å². The fourth-order valence-corrected chi connectivity index (χ4v) is 1.55. The fourth-order valence-electron chi connectivity index (χ4n) is 1.55. The van der Waals surface area contributed by atoms with E-state index in [4.69, 9.17) is 10.00 Å². The summed E-state index contributed by atoms with van der Waals surface area (Å²) in [6.45, 7) is 3.27. The Balaban J connectivity index is 3.12. The third kappa shape index (κ3) is 3.00. The lowest BCUT2D eigenvalue weighted by atomic mass is 10.0. The third-order valence-electron chi connectivity index (χ3n) is 2.40. The van der Waals surface area contributed by atoms with Crippen LogP contribution >= 0.6 is 0 Å². The number of alkyl halides is 2. The van der Waals surface area contributed by atoms with Crippen LogP contribution in [0.3, 0.4) is 0 Å². The first kappa shape index (κ1) is 14.0. The Morgan fingerprint density at radius 3 is 2.78 bits per heavy atom. The lowest BCUT2D eigenvalue weighted by molar-refractivity contribution is -0.142. The van der Waals surface area contributed by atoms with Crippen LogP contribution in [0.15, 0.2) is 6.20 Å². The molecule has 0 unspecified atom stereocenters. The van der Waals surface area contributed by atoms with Crippen LogP contribution in [0.25, 0.3) is 0 Å². The SMILES string of the molecule is CCOC(=O)Cc1cnc(C(F)F)c(C)c1C#N. The topological polar surface area (TPSA) is 63.0 Å². The zero-order chi connectivity index (χ0) is 13.7. The molecule has 18 heavy (non-hydrogen) atoms. The quantitative estimate of drug-likeness (QED) is 0.773. The summed E-state index contributed by atoms with van der Waals surface area (Å²) in [6, 6.07) is 1.83. The van der Waals surface area contributed by atoms with Crippen LogP contribution in [-0.2, 0) is 16.0 Å². The molecule has 0 amide bonds. The maximum Gasteiger partial charge on any atom is 0.310 e. The largest absolute Gasteiger partial charge is 0.466 e. The second kappa shape index (κ2) is 6.05. The number of hydrogen-bond acceptors (Lipinski definition) is 4. The van der Waals surface area contributed by atoms with Crippen LogP contribution in [0, 0.1) is 18.3 Å². The molecular weight excluding hydrogens is 242 g/mol. The van der Waals surface area contributed by atoms with Crippen LogP contribution in [-0.4, -0.2) is 17.6 Å². The smallest absolute Gasteiger partial charge is 0.310 e. The molecule has 0 N–H and O–H groups in total. The maximum atomic E-state index is 12.6. The van der Waals surface area contributed by atoms with E-state index in [0.29, 0.717) is 5.56 Å². The molecule has 0 bridgehead atoms. The van der Waals surface area contributed by atoms with Crippen LogP contribution in [0.2, 0.25) is 0 Å². The van der Waals surface area contributed by atoms with Crippen molar-refractivity contribution in [1.82, 2.24) is 4.98 Å². The molecule has 1 rings (SSSR count). The molecule has 96 valence electrons. The number of rotatable bonds is 4. The Hall–Kier alpha value is -2.03. The van der Waals surface area contributed by atoms with Crippen molar-refractivity contribution in [2.24, 2.45) is 0 Å². The summed E-state index contributed by atoms with van der Waals surface area (Å²) in [6.07, 6.45) is -1.76. The van der Waals surface area contributed by atoms with Gasteiger partial charge in [0.05, 0.1) is 24.7 Å². The van der Waals surface area contributed by atoms with E-state index in [1.807, 2.05) is 6.07 Å². The molecule has 1 aromatic rings. The van der Waals surface area contributed by atoms with Gasteiger partial charge in [-0.25, -0.2) is 8.78 Å². The van der Waals surface area contributed by atoms with Gasteiger partial charge < -0.3 is 4.74 Å². The number of halogens is 2. The second-order valence-corrected chi connectivity index (χ2v) is 3.56. The van der Waals surface area contributed by atoms with Gasteiger partial charge in [-0.2, -0.15) is 5.26 Å². The van der Waals surface area contributed by atoms with Gasteiger partial charge in [0.25, 0.3) is 6.43 Å². The molecule has 6 heteroatoms. The van der Waals surface area contributed by atoms with Gasteiger partial charge in [0, 0.05) is 6.20 Å². The monoisotopic (exact) mass is 254 g/mol. The fraction of sp³-hybridized carbons (Fsp3) is 0.417. The molecule has 4 nitrogen and oxygen atoms in total. The summed E-state index contributed by atoms with van der Waals surface area (Å²) >= 11 is 0. The highest BCUT2D eigenvalue weighted by Crippen LogP contribution is 2.24. The Bertz CT molecular complexity index is 496. The molecule has 0 radical (unpaired) electrons. The summed E-state index contributed by atoms with van der Waals surface area (Å²) in [5.41, 5.74) is 0.0414. The van der Waals surface area contributed by atoms with Crippen molar-refractivity contribution in [2.75, 3.05) is 6.61 Å². The minimum absolute atomic E-state index is 0.0633. The van der Waals surface area contributed by atoms with E-state index in [0.717, 1.165) is 6.20 Å². The van der Waals surface area contributed by atoms with Crippen molar-refractivity contribution in [1.29, 1.82) is 5.26 Å². The molecule has 1 aromatic heterocycles. The van der Waals surface area contributed by atoms with Crippen LogP contribution in [0.5, 0.6) is 0 Å². The van der Waals surface area contributed by atoms with Crippen molar-refractivity contribution >= 4 is 5.97 Å². The summed E-state index contributed by atoms with van der Waals surface area (Å²) in [4.78, 5) is 14.9. The van der Waals surface area contributed by atoms with Gasteiger partial charge in [0.1, 0.15) is 5.69 Å². The molecular formula is C12H12F2N2O2. The number of carbonyl (C=O) groups excluding carboxylic acids is 1. The zero-order valence-electron chi connectivity index (χ0n) is 10.0.